The highest BCUT2D eigenvalue weighted by atomic mass is 19.4. The number of nitrogens with one attached hydrogen (secondary N) is 1. The molecule has 0 aliphatic carbocycles. The van der Waals surface area contributed by atoms with Crippen LogP contribution < -0.4 is 20.7 Å². The normalized spacial score (nSPS) is 11.7. The van der Waals surface area contributed by atoms with Crippen molar-refractivity contribution in [3.05, 3.63) is 45.1 Å². The van der Waals surface area contributed by atoms with Crippen LogP contribution >= 0.6 is 0 Å². The van der Waals surface area contributed by atoms with Crippen LogP contribution in [0.4, 0.5) is 13.2 Å². The predicted octanol–water partition coefficient (Wildman–Crippen LogP) is 1.65. The van der Waals surface area contributed by atoms with Crippen LogP contribution in [0.2, 0.25) is 0 Å². The van der Waals surface area contributed by atoms with Crippen LogP contribution in [0.5, 0.6) is 17.5 Å². The van der Waals surface area contributed by atoms with E-state index in [-0.39, 0.29) is 22.9 Å². The number of rotatable bonds is 3. The number of alkyl halides is 3. The lowest BCUT2D eigenvalue weighted by atomic mass is 10.3. The monoisotopic (exact) mass is 356 g/mol. The predicted molar refractivity (Wildman–Crippen MR) is 79.8 cm³/mol. The Hall–Kier alpha value is -3.24. The molecule has 3 aromatic rings. The molecule has 3 rings (SSSR count). The average molecular weight is 356 g/mol. The lowest BCUT2D eigenvalue weighted by Gasteiger charge is -2.09. The molecule has 11 heteroatoms. The quantitative estimate of drug-likeness (QED) is 0.771. The number of H-pyrrole nitrogens is 1. The van der Waals surface area contributed by atoms with Crippen molar-refractivity contribution in [2.24, 2.45) is 14.1 Å². The zero-order chi connectivity index (χ0) is 18.4. The topological polar surface area (TPSA) is 91.1 Å². The van der Waals surface area contributed by atoms with E-state index in [0.29, 0.717) is 0 Å². The maximum absolute atomic E-state index is 12.3. The minimum Gasteiger partial charge on any atom is -0.425 e. The molecule has 0 saturated heterocycles. The molecule has 0 fully saturated rings. The van der Waals surface area contributed by atoms with Crippen molar-refractivity contribution in [2.75, 3.05) is 0 Å². The first kappa shape index (κ1) is 16.6. The number of benzene rings is 1. The molecule has 0 spiro atoms. The van der Waals surface area contributed by atoms with Crippen molar-refractivity contribution >= 4 is 11.2 Å². The number of hydrogen-bond donors (Lipinski definition) is 1. The van der Waals surface area contributed by atoms with Gasteiger partial charge in [-0.25, -0.2) is 4.79 Å². The van der Waals surface area contributed by atoms with Crippen LogP contribution in [0.25, 0.3) is 11.2 Å². The second-order valence-corrected chi connectivity index (χ2v) is 5.07. The van der Waals surface area contributed by atoms with E-state index in [0.717, 1.165) is 21.3 Å². The van der Waals surface area contributed by atoms with E-state index < -0.39 is 23.4 Å². The maximum atomic E-state index is 12.3. The van der Waals surface area contributed by atoms with Gasteiger partial charge in [0.2, 0.25) is 0 Å². The molecule has 0 aliphatic rings. The van der Waals surface area contributed by atoms with Gasteiger partial charge < -0.3 is 14.5 Å². The summed E-state index contributed by atoms with van der Waals surface area (Å²) in [5.74, 6) is -0.466. The fourth-order valence-electron chi connectivity index (χ4n) is 2.20. The molecular formula is C14H11F3N4O4. The van der Waals surface area contributed by atoms with Gasteiger partial charge in [0.15, 0.2) is 11.2 Å². The third-order valence-corrected chi connectivity index (χ3v) is 3.33. The molecule has 132 valence electrons. The lowest BCUT2D eigenvalue weighted by molar-refractivity contribution is -0.274. The first-order valence-corrected chi connectivity index (χ1v) is 6.85. The van der Waals surface area contributed by atoms with Gasteiger partial charge in [-0.05, 0) is 12.1 Å². The second-order valence-electron chi connectivity index (χ2n) is 5.07. The van der Waals surface area contributed by atoms with Gasteiger partial charge in [-0.15, -0.1) is 13.2 Å². The van der Waals surface area contributed by atoms with Crippen LogP contribution in [0.15, 0.2) is 33.9 Å². The van der Waals surface area contributed by atoms with Crippen LogP contribution in [0, 0.1) is 0 Å². The number of imidazole rings is 1. The fraction of sp³-hybridized carbons (Fsp3) is 0.214. The fourth-order valence-corrected chi connectivity index (χ4v) is 2.20. The average Bonchev–Trinajstić information content (AvgIpc) is 2.93. The van der Waals surface area contributed by atoms with E-state index in [1.807, 2.05) is 0 Å². The summed E-state index contributed by atoms with van der Waals surface area (Å²) in [5, 5.41) is 0. The van der Waals surface area contributed by atoms with E-state index in [1.54, 1.807) is 0 Å². The van der Waals surface area contributed by atoms with Crippen LogP contribution in [0.1, 0.15) is 0 Å². The van der Waals surface area contributed by atoms with Gasteiger partial charge in [0.1, 0.15) is 11.5 Å². The zero-order valence-electron chi connectivity index (χ0n) is 12.9. The highest BCUT2D eigenvalue weighted by molar-refractivity contribution is 5.70. The standard InChI is InChI=1S/C14H11F3N4O4/c1-20-10-9(11(22)21(2)13(20)23)18-12(19-10)24-7-4-3-5-8(6-7)25-14(15,16)17/h3-6H,1-2H3,(H,18,19). The van der Waals surface area contributed by atoms with E-state index in [1.165, 1.54) is 26.2 Å². The van der Waals surface area contributed by atoms with Crippen molar-refractivity contribution in [2.45, 2.75) is 6.36 Å². The molecule has 0 radical (unpaired) electrons. The van der Waals surface area contributed by atoms with Crippen molar-refractivity contribution in [3.8, 4) is 17.5 Å². The Labute approximate surface area is 137 Å². The number of aryl methyl sites for hydroxylation is 1. The van der Waals surface area contributed by atoms with Gasteiger partial charge >= 0.3 is 18.1 Å². The molecule has 0 unspecified atom stereocenters. The van der Waals surface area contributed by atoms with Crippen LogP contribution in [-0.2, 0) is 14.1 Å². The molecular weight excluding hydrogens is 345 g/mol. The molecule has 0 amide bonds. The highest BCUT2D eigenvalue weighted by Crippen LogP contribution is 2.28. The Morgan fingerprint density at radius 3 is 2.48 bits per heavy atom. The molecule has 1 N–H and O–H groups in total. The minimum absolute atomic E-state index is 0.00244. The summed E-state index contributed by atoms with van der Waals surface area (Å²) < 4.78 is 47.9. The molecule has 8 nitrogen and oxygen atoms in total. The third-order valence-electron chi connectivity index (χ3n) is 3.33. The Morgan fingerprint density at radius 1 is 1.12 bits per heavy atom. The van der Waals surface area contributed by atoms with Crippen LogP contribution in [-0.4, -0.2) is 25.5 Å². The van der Waals surface area contributed by atoms with Gasteiger partial charge in [-0.3, -0.25) is 13.9 Å². The first-order chi connectivity index (χ1) is 11.7. The van der Waals surface area contributed by atoms with Gasteiger partial charge in [0.05, 0.1) is 0 Å². The van der Waals surface area contributed by atoms with Crippen molar-refractivity contribution in [1.29, 1.82) is 0 Å². The molecule has 0 aliphatic heterocycles. The number of hydrogen-bond acceptors (Lipinski definition) is 5. The minimum atomic E-state index is -4.83. The van der Waals surface area contributed by atoms with E-state index >= 15 is 0 Å². The first-order valence-electron chi connectivity index (χ1n) is 6.85. The third kappa shape index (κ3) is 3.20. The summed E-state index contributed by atoms with van der Waals surface area (Å²) in [7, 11) is 2.73. The molecule has 2 aromatic heterocycles. The maximum Gasteiger partial charge on any atom is 0.573 e. The molecule has 1 aromatic carbocycles. The number of aromatic amines is 1. The number of nitrogens with zero attached hydrogens (tertiary/aromatic N) is 3. The summed E-state index contributed by atoms with van der Waals surface area (Å²) in [5.41, 5.74) is -1.08. The van der Waals surface area contributed by atoms with Gasteiger partial charge in [0, 0.05) is 20.2 Å². The van der Waals surface area contributed by atoms with Crippen molar-refractivity contribution < 1.29 is 22.6 Å². The summed E-state index contributed by atoms with van der Waals surface area (Å²) in [4.78, 5) is 30.5. The smallest absolute Gasteiger partial charge is 0.425 e. The van der Waals surface area contributed by atoms with E-state index in [2.05, 4.69) is 14.7 Å². The van der Waals surface area contributed by atoms with E-state index in [4.69, 9.17) is 4.74 Å². The highest BCUT2D eigenvalue weighted by Gasteiger charge is 2.31. The number of fused-ring (bicyclic) bond motifs is 1. The van der Waals surface area contributed by atoms with Gasteiger partial charge in [-0.2, -0.15) is 4.98 Å². The van der Waals surface area contributed by atoms with Gasteiger partial charge in [-0.1, -0.05) is 6.07 Å². The molecule has 25 heavy (non-hydrogen) atoms. The molecule has 0 saturated carbocycles. The Morgan fingerprint density at radius 2 is 1.80 bits per heavy atom. The zero-order valence-corrected chi connectivity index (χ0v) is 12.9. The van der Waals surface area contributed by atoms with Gasteiger partial charge in [0.25, 0.3) is 5.56 Å². The summed E-state index contributed by atoms with van der Waals surface area (Å²) in [6.07, 6.45) is -4.83. The van der Waals surface area contributed by atoms with E-state index in [9.17, 15) is 22.8 Å². The Kier molecular flexibility index (Phi) is 3.78. The van der Waals surface area contributed by atoms with Crippen molar-refractivity contribution in [1.82, 2.24) is 19.1 Å². The Bertz CT molecular complexity index is 1060. The van der Waals surface area contributed by atoms with Crippen molar-refractivity contribution in [3.63, 3.8) is 0 Å². The molecule has 2 heterocycles. The summed E-state index contributed by atoms with van der Waals surface area (Å²) in [6.45, 7) is 0. The number of halogens is 3. The number of aromatic nitrogens is 4. The molecule has 0 atom stereocenters. The Balaban J connectivity index is 1.98. The SMILES string of the molecule is Cn1c(=O)c2[nH]c(Oc3cccc(OC(F)(F)F)c3)nc2n(C)c1=O. The largest absolute Gasteiger partial charge is 0.573 e. The lowest BCUT2D eigenvalue weighted by Crippen LogP contribution is -2.36. The second kappa shape index (κ2) is 5.69. The number of ether oxygens (including phenoxy) is 2. The summed E-state index contributed by atoms with van der Waals surface area (Å²) in [6, 6.07) is 4.65. The summed E-state index contributed by atoms with van der Waals surface area (Å²) >= 11 is 0. The van der Waals surface area contributed by atoms with Crippen LogP contribution in [0.3, 0.4) is 0 Å². The molecule has 0 bridgehead atoms.